The standard InChI is InChI=1S/C12H18ClN3O/c1-9-3-4-16(8-11(9)17-2)12-14-6-10(5-13)7-15-12/h6-7,9,11H,3-5,8H2,1-2H3. The van der Waals surface area contributed by atoms with Crippen LogP contribution in [0.5, 0.6) is 0 Å². The summed E-state index contributed by atoms with van der Waals surface area (Å²) in [6.07, 6.45) is 4.95. The topological polar surface area (TPSA) is 38.2 Å². The first-order valence-electron chi connectivity index (χ1n) is 5.89. The molecule has 1 saturated heterocycles. The number of ether oxygens (including phenoxy) is 1. The van der Waals surface area contributed by atoms with Crippen molar-refractivity contribution >= 4 is 17.5 Å². The molecular weight excluding hydrogens is 238 g/mol. The maximum absolute atomic E-state index is 5.72. The highest BCUT2D eigenvalue weighted by molar-refractivity contribution is 6.17. The van der Waals surface area contributed by atoms with Gasteiger partial charge in [-0.15, -0.1) is 11.6 Å². The van der Waals surface area contributed by atoms with Crippen molar-refractivity contribution in [3.05, 3.63) is 18.0 Å². The van der Waals surface area contributed by atoms with Crippen LogP contribution in [0.4, 0.5) is 5.95 Å². The third-order valence-corrected chi connectivity index (χ3v) is 3.63. The molecule has 0 N–H and O–H groups in total. The molecule has 2 unspecified atom stereocenters. The predicted octanol–water partition coefficient (Wildman–Crippen LogP) is 2.08. The molecule has 94 valence electrons. The molecule has 2 heterocycles. The van der Waals surface area contributed by atoms with Gasteiger partial charge in [-0.25, -0.2) is 9.97 Å². The van der Waals surface area contributed by atoms with Crippen molar-refractivity contribution in [1.82, 2.24) is 9.97 Å². The van der Waals surface area contributed by atoms with E-state index >= 15 is 0 Å². The second-order valence-corrected chi connectivity index (χ2v) is 4.78. The van der Waals surface area contributed by atoms with Gasteiger partial charge in [-0.1, -0.05) is 6.92 Å². The van der Waals surface area contributed by atoms with Crippen LogP contribution < -0.4 is 4.90 Å². The molecule has 2 atom stereocenters. The molecule has 0 saturated carbocycles. The summed E-state index contributed by atoms with van der Waals surface area (Å²) in [6.45, 7) is 4.07. The zero-order chi connectivity index (χ0) is 12.3. The Morgan fingerprint density at radius 3 is 2.76 bits per heavy atom. The van der Waals surface area contributed by atoms with Gasteiger partial charge < -0.3 is 9.64 Å². The minimum absolute atomic E-state index is 0.264. The average molecular weight is 256 g/mol. The van der Waals surface area contributed by atoms with Gasteiger partial charge in [0.05, 0.1) is 12.0 Å². The van der Waals surface area contributed by atoms with Crippen molar-refractivity contribution in [2.45, 2.75) is 25.3 Å². The third kappa shape index (κ3) is 2.87. The van der Waals surface area contributed by atoms with Gasteiger partial charge in [0.1, 0.15) is 0 Å². The van der Waals surface area contributed by atoms with E-state index in [4.69, 9.17) is 16.3 Å². The molecule has 1 aromatic rings. The Kier molecular flexibility index (Phi) is 4.18. The Morgan fingerprint density at radius 1 is 1.47 bits per heavy atom. The zero-order valence-electron chi connectivity index (χ0n) is 10.3. The first kappa shape index (κ1) is 12.6. The Labute approximate surface area is 107 Å². The molecule has 4 nitrogen and oxygen atoms in total. The van der Waals surface area contributed by atoms with Crippen molar-refractivity contribution in [3.63, 3.8) is 0 Å². The highest BCUT2D eigenvalue weighted by Crippen LogP contribution is 2.22. The number of alkyl halides is 1. The van der Waals surface area contributed by atoms with Gasteiger partial charge >= 0.3 is 0 Å². The summed E-state index contributed by atoms with van der Waals surface area (Å²) >= 11 is 5.72. The van der Waals surface area contributed by atoms with Gasteiger partial charge in [-0.05, 0) is 12.3 Å². The monoisotopic (exact) mass is 255 g/mol. The minimum Gasteiger partial charge on any atom is -0.379 e. The predicted molar refractivity (Wildman–Crippen MR) is 68.4 cm³/mol. The number of methoxy groups -OCH3 is 1. The van der Waals surface area contributed by atoms with E-state index in [0.717, 1.165) is 31.0 Å². The number of rotatable bonds is 3. The summed E-state index contributed by atoms with van der Waals surface area (Å²) in [5, 5.41) is 0. The van der Waals surface area contributed by atoms with Crippen molar-refractivity contribution in [2.24, 2.45) is 5.92 Å². The lowest BCUT2D eigenvalue weighted by Gasteiger charge is -2.36. The molecule has 0 amide bonds. The highest BCUT2D eigenvalue weighted by atomic mass is 35.5. The SMILES string of the molecule is COC1CN(c2ncc(CCl)cn2)CCC1C. The lowest BCUT2D eigenvalue weighted by Crippen LogP contribution is -2.44. The lowest BCUT2D eigenvalue weighted by molar-refractivity contribution is 0.0494. The lowest BCUT2D eigenvalue weighted by atomic mass is 9.96. The van der Waals surface area contributed by atoms with E-state index in [9.17, 15) is 0 Å². The van der Waals surface area contributed by atoms with Gasteiger partial charge in [-0.2, -0.15) is 0 Å². The van der Waals surface area contributed by atoms with Gasteiger partial charge in [0.25, 0.3) is 0 Å². The van der Waals surface area contributed by atoms with E-state index in [0.29, 0.717) is 11.8 Å². The first-order chi connectivity index (χ1) is 8.24. The van der Waals surface area contributed by atoms with Crippen LogP contribution in [0.3, 0.4) is 0 Å². The summed E-state index contributed by atoms with van der Waals surface area (Å²) in [4.78, 5) is 10.9. The molecule has 0 bridgehead atoms. The molecule has 5 heteroatoms. The van der Waals surface area contributed by atoms with E-state index in [1.165, 1.54) is 0 Å². The smallest absolute Gasteiger partial charge is 0.225 e. The second-order valence-electron chi connectivity index (χ2n) is 4.51. The first-order valence-corrected chi connectivity index (χ1v) is 6.42. The van der Waals surface area contributed by atoms with Crippen LogP contribution in [-0.2, 0) is 10.6 Å². The third-order valence-electron chi connectivity index (χ3n) is 3.32. The summed E-state index contributed by atoms with van der Waals surface area (Å²) in [6, 6.07) is 0. The Hall–Kier alpha value is -0.870. The molecule has 0 aliphatic carbocycles. The molecular formula is C12H18ClN3O. The Morgan fingerprint density at radius 2 is 2.18 bits per heavy atom. The molecule has 1 aliphatic rings. The fourth-order valence-electron chi connectivity index (χ4n) is 2.10. The van der Waals surface area contributed by atoms with Crippen LogP contribution in [-0.4, -0.2) is 36.3 Å². The van der Waals surface area contributed by atoms with Crippen LogP contribution in [0, 0.1) is 5.92 Å². The molecule has 1 aliphatic heterocycles. The fourth-order valence-corrected chi connectivity index (χ4v) is 2.24. The molecule has 17 heavy (non-hydrogen) atoms. The van der Waals surface area contributed by atoms with E-state index in [2.05, 4.69) is 21.8 Å². The van der Waals surface area contributed by atoms with Crippen LogP contribution >= 0.6 is 11.6 Å². The number of anilines is 1. The minimum atomic E-state index is 0.264. The van der Waals surface area contributed by atoms with Gasteiger partial charge in [0.15, 0.2) is 0 Å². The number of hydrogen-bond acceptors (Lipinski definition) is 4. The Balaban J connectivity index is 2.06. The van der Waals surface area contributed by atoms with Gasteiger partial charge in [0.2, 0.25) is 5.95 Å². The van der Waals surface area contributed by atoms with Crippen molar-refractivity contribution in [3.8, 4) is 0 Å². The quantitative estimate of drug-likeness (QED) is 0.775. The van der Waals surface area contributed by atoms with Crippen LogP contribution in [0.15, 0.2) is 12.4 Å². The van der Waals surface area contributed by atoms with Crippen molar-refractivity contribution in [2.75, 3.05) is 25.1 Å². The van der Waals surface area contributed by atoms with Gasteiger partial charge in [-0.3, -0.25) is 0 Å². The van der Waals surface area contributed by atoms with E-state index in [1.807, 2.05) is 0 Å². The van der Waals surface area contributed by atoms with Crippen molar-refractivity contribution < 1.29 is 4.74 Å². The summed E-state index contributed by atoms with van der Waals surface area (Å²) in [5.41, 5.74) is 0.948. The van der Waals surface area contributed by atoms with E-state index in [1.54, 1.807) is 19.5 Å². The van der Waals surface area contributed by atoms with Crippen LogP contribution in [0.2, 0.25) is 0 Å². The molecule has 0 aromatic carbocycles. The molecule has 0 spiro atoms. The second kappa shape index (κ2) is 5.65. The van der Waals surface area contributed by atoms with Crippen LogP contribution in [0.25, 0.3) is 0 Å². The fraction of sp³-hybridized carbons (Fsp3) is 0.667. The number of hydrogen-bond donors (Lipinski definition) is 0. The molecule has 1 aromatic heterocycles. The van der Waals surface area contributed by atoms with Crippen LogP contribution in [0.1, 0.15) is 18.9 Å². The van der Waals surface area contributed by atoms with E-state index in [-0.39, 0.29) is 6.10 Å². The summed E-state index contributed by atoms with van der Waals surface area (Å²) in [7, 11) is 1.77. The summed E-state index contributed by atoms with van der Waals surface area (Å²) in [5.74, 6) is 1.82. The average Bonchev–Trinajstić information content (AvgIpc) is 2.39. The highest BCUT2D eigenvalue weighted by Gasteiger charge is 2.27. The molecule has 0 radical (unpaired) electrons. The normalized spacial score (nSPS) is 25.0. The van der Waals surface area contributed by atoms with E-state index < -0.39 is 0 Å². The number of aromatic nitrogens is 2. The van der Waals surface area contributed by atoms with Gasteiger partial charge in [0, 0.05) is 38.2 Å². The summed E-state index contributed by atoms with van der Waals surface area (Å²) < 4.78 is 5.48. The maximum Gasteiger partial charge on any atom is 0.225 e. The van der Waals surface area contributed by atoms with Crippen molar-refractivity contribution in [1.29, 1.82) is 0 Å². The Bertz CT molecular complexity index is 357. The number of halogens is 1. The maximum atomic E-state index is 5.72. The molecule has 1 fully saturated rings. The largest absolute Gasteiger partial charge is 0.379 e. The molecule has 2 rings (SSSR count). The zero-order valence-corrected chi connectivity index (χ0v) is 11.0. The number of piperidine rings is 1. The number of nitrogens with zero attached hydrogens (tertiary/aromatic N) is 3.